The van der Waals surface area contributed by atoms with Gasteiger partial charge in [0, 0.05) is 15.5 Å². The van der Waals surface area contributed by atoms with Crippen molar-refractivity contribution in [2.45, 2.75) is 46.0 Å². The van der Waals surface area contributed by atoms with Gasteiger partial charge in [-0.2, -0.15) is 0 Å². The number of halogens is 1. The van der Waals surface area contributed by atoms with Crippen LogP contribution in [0.15, 0.2) is 60.7 Å². The quantitative estimate of drug-likeness (QED) is 0.201. The molecular weight excluding hydrogens is 473 g/mol. The molecule has 144 valence electrons. The molecule has 0 amide bonds. The Hall–Kier alpha value is -1.59. The van der Waals surface area contributed by atoms with Gasteiger partial charge >= 0.3 is 0 Å². The third-order valence-corrected chi connectivity index (χ3v) is 7.61. The van der Waals surface area contributed by atoms with Crippen molar-refractivity contribution in [3.05, 3.63) is 71.8 Å². The molecular formula is C25H26INS. The number of benzene rings is 3. The number of rotatable bonds is 3. The first kappa shape index (κ1) is 19.7. The molecule has 4 rings (SSSR count). The number of hydrogen-bond donors (Lipinski definition) is 0. The summed E-state index contributed by atoms with van der Waals surface area (Å²) in [6.45, 7) is 11.4. The summed E-state index contributed by atoms with van der Waals surface area (Å²) in [6, 6.07) is 22.2. The van der Waals surface area contributed by atoms with Gasteiger partial charge in [0.2, 0.25) is 0 Å². The highest BCUT2D eigenvalue weighted by atomic mass is 127. The summed E-state index contributed by atoms with van der Waals surface area (Å²) >= 11 is 4.40. The molecule has 0 aliphatic heterocycles. The number of nitrogens with zero attached hydrogens (tertiary/aromatic N) is 1. The van der Waals surface area contributed by atoms with Crippen LogP contribution in [-0.4, -0.2) is 0 Å². The van der Waals surface area contributed by atoms with Crippen LogP contribution in [0.3, 0.4) is 0 Å². The van der Waals surface area contributed by atoms with E-state index >= 15 is 0 Å². The highest BCUT2D eigenvalue weighted by Crippen LogP contribution is 2.46. The van der Waals surface area contributed by atoms with Crippen LogP contribution in [0.5, 0.6) is 0 Å². The summed E-state index contributed by atoms with van der Waals surface area (Å²) in [5, 5.41) is 2.73. The number of thiophene rings is 1. The van der Waals surface area contributed by atoms with Crippen molar-refractivity contribution in [2.75, 3.05) is 3.11 Å². The lowest BCUT2D eigenvalue weighted by Crippen LogP contribution is -2.10. The average molecular weight is 499 g/mol. The Kier molecular flexibility index (Phi) is 5.17. The van der Waals surface area contributed by atoms with E-state index in [-0.39, 0.29) is 5.41 Å². The molecule has 0 fully saturated rings. The van der Waals surface area contributed by atoms with Crippen molar-refractivity contribution < 1.29 is 0 Å². The highest BCUT2D eigenvalue weighted by molar-refractivity contribution is 14.1. The lowest BCUT2D eigenvalue weighted by molar-refractivity contribution is 0.597. The lowest BCUT2D eigenvalue weighted by atomic mass is 9.86. The molecule has 28 heavy (non-hydrogen) atoms. The van der Waals surface area contributed by atoms with Gasteiger partial charge in [-0.25, -0.2) is 0 Å². The zero-order valence-electron chi connectivity index (χ0n) is 17.1. The molecule has 4 aromatic rings. The lowest BCUT2D eigenvalue weighted by Gasteiger charge is -2.22. The van der Waals surface area contributed by atoms with Crippen LogP contribution >= 0.6 is 34.2 Å². The van der Waals surface area contributed by atoms with Crippen LogP contribution < -0.4 is 3.11 Å². The Balaban J connectivity index is 1.97. The van der Waals surface area contributed by atoms with E-state index in [1.165, 1.54) is 42.7 Å². The van der Waals surface area contributed by atoms with Gasteiger partial charge in [0.25, 0.3) is 0 Å². The summed E-state index contributed by atoms with van der Waals surface area (Å²) in [7, 11) is 0. The molecule has 1 aromatic heterocycles. The van der Waals surface area contributed by atoms with E-state index in [0.717, 1.165) is 0 Å². The second-order valence-electron chi connectivity index (χ2n) is 8.68. The molecule has 0 aliphatic rings. The van der Waals surface area contributed by atoms with Gasteiger partial charge < -0.3 is 0 Å². The summed E-state index contributed by atoms with van der Waals surface area (Å²) in [5.41, 5.74) is 5.49. The number of para-hydroxylation sites is 1. The first-order valence-electron chi connectivity index (χ1n) is 9.78. The van der Waals surface area contributed by atoms with Gasteiger partial charge in [-0.05, 0) is 34.6 Å². The normalized spacial score (nSPS) is 12.2. The van der Waals surface area contributed by atoms with Crippen LogP contribution in [0.25, 0.3) is 20.2 Å². The topological polar surface area (TPSA) is 3.24 Å². The summed E-state index contributed by atoms with van der Waals surface area (Å²) in [6.07, 6.45) is 0. The Morgan fingerprint density at radius 2 is 1.39 bits per heavy atom. The number of anilines is 2. The molecule has 0 atom stereocenters. The van der Waals surface area contributed by atoms with Crippen molar-refractivity contribution >= 4 is 65.7 Å². The minimum Gasteiger partial charge on any atom is -0.281 e. The molecule has 0 N–H and O–H groups in total. The van der Waals surface area contributed by atoms with Crippen LogP contribution in [0, 0.1) is 0 Å². The first-order valence-corrected chi connectivity index (χ1v) is 11.6. The molecule has 0 radical (unpaired) electrons. The molecule has 3 heteroatoms. The molecule has 0 aliphatic carbocycles. The van der Waals surface area contributed by atoms with Crippen LogP contribution in [0.2, 0.25) is 0 Å². The van der Waals surface area contributed by atoms with E-state index in [4.69, 9.17) is 0 Å². The largest absolute Gasteiger partial charge is 0.281 e. The van der Waals surface area contributed by atoms with Crippen molar-refractivity contribution in [1.82, 2.24) is 0 Å². The molecule has 3 aromatic carbocycles. The Morgan fingerprint density at radius 3 is 2.07 bits per heavy atom. The first-order chi connectivity index (χ1) is 13.3. The summed E-state index contributed by atoms with van der Waals surface area (Å²) < 4.78 is 5.11. The molecule has 1 nitrogen and oxygen atoms in total. The Bertz CT molecular complexity index is 1150. The predicted molar refractivity (Wildman–Crippen MR) is 135 cm³/mol. The highest BCUT2D eigenvalue weighted by Gasteiger charge is 2.21. The third-order valence-electron chi connectivity index (χ3n) is 5.29. The second kappa shape index (κ2) is 7.34. The molecule has 0 unspecified atom stereocenters. The predicted octanol–water partition coefficient (Wildman–Crippen LogP) is 8.96. The maximum atomic E-state index is 2.47. The monoisotopic (exact) mass is 499 g/mol. The fraction of sp³-hybridized carbons (Fsp3) is 0.280. The van der Waals surface area contributed by atoms with Crippen molar-refractivity contribution in [1.29, 1.82) is 0 Å². The van der Waals surface area contributed by atoms with Gasteiger partial charge in [0.1, 0.15) is 0 Å². The molecule has 0 bridgehead atoms. The number of hydrogen-bond acceptors (Lipinski definition) is 2. The fourth-order valence-electron chi connectivity index (χ4n) is 3.83. The maximum Gasteiger partial charge on any atom is 0.0689 e. The SMILES string of the molecule is CC(C)c1ccccc1N(I)c1cccc2c1sc1c(C(C)(C)C)cccc12. The van der Waals surface area contributed by atoms with Gasteiger partial charge in [-0.1, -0.05) is 83.1 Å². The van der Waals surface area contributed by atoms with E-state index < -0.39 is 0 Å². The average Bonchev–Trinajstić information content (AvgIpc) is 3.05. The minimum absolute atomic E-state index is 0.134. The van der Waals surface area contributed by atoms with Crippen molar-refractivity contribution in [3.8, 4) is 0 Å². The Labute approximate surface area is 185 Å². The summed E-state index contributed by atoms with van der Waals surface area (Å²) in [5.74, 6) is 0.488. The van der Waals surface area contributed by atoms with E-state index in [1.54, 1.807) is 0 Å². The standard InChI is InChI=1S/C25H26INS/c1-16(2)17-10-6-7-14-21(17)27(26)22-15-9-12-19-18-11-8-13-20(25(3,4)5)23(18)28-24(19)22/h6-16H,1-5H3. The van der Waals surface area contributed by atoms with Crippen molar-refractivity contribution in [3.63, 3.8) is 0 Å². The fourth-order valence-corrected chi connectivity index (χ4v) is 6.37. The number of fused-ring (bicyclic) bond motifs is 3. The van der Waals surface area contributed by atoms with E-state index in [2.05, 4.69) is 121 Å². The minimum atomic E-state index is 0.134. The molecule has 1 heterocycles. The zero-order valence-corrected chi connectivity index (χ0v) is 20.1. The molecule has 0 spiro atoms. The van der Waals surface area contributed by atoms with Crippen LogP contribution in [0.1, 0.15) is 51.7 Å². The van der Waals surface area contributed by atoms with Crippen molar-refractivity contribution in [2.24, 2.45) is 0 Å². The third kappa shape index (κ3) is 3.33. The van der Waals surface area contributed by atoms with Gasteiger partial charge in [0.15, 0.2) is 0 Å². The molecule has 0 saturated carbocycles. The van der Waals surface area contributed by atoms with E-state index in [9.17, 15) is 0 Å². The van der Waals surface area contributed by atoms with Crippen LogP contribution in [0.4, 0.5) is 11.4 Å². The van der Waals surface area contributed by atoms with E-state index in [0.29, 0.717) is 5.92 Å². The second-order valence-corrected chi connectivity index (χ2v) is 10.7. The van der Waals surface area contributed by atoms with Gasteiger partial charge in [-0.15, -0.1) is 11.3 Å². The van der Waals surface area contributed by atoms with Gasteiger partial charge in [-0.3, -0.25) is 3.11 Å². The van der Waals surface area contributed by atoms with E-state index in [1.807, 2.05) is 11.3 Å². The zero-order chi connectivity index (χ0) is 20.1. The Morgan fingerprint density at radius 1 is 0.786 bits per heavy atom. The smallest absolute Gasteiger partial charge is 0.0689 e. The van der Waals surface area contributed by atoms with Crippen LogP contribution in [-0.2, 0) is 5.41 Å². The molecule has 0 saturated heterocycles. The summed E-state index contributed by atoms with van der Waals surface area (Å²) in [4.78, 5) is 0. The maximum absolute atomic E-state index is 2.47. The van der Waals surface area contributed by atoms with Gasteiger partial charge in [0.05, 0.1) is 38.9 Å².